The van der Waals surface area contributed by atoms with Gasteiger partial charge in [-0.05, 0) is 58.1 Å². The highest BCUT2D eigenvalue weighted by atomic mass is 79.9. The lowest BCUT2D eigenvalue weighted by atomic mass is 10.1. The van der Waals surface area contributed by atoms with Crippen molar-refractivity contribution < 1.29 is 9.47 Å². The maximum Gasteiger partial charge on any atom is 0.175 e. The first-order chi connectivity index (χ1) is 11.6. The van der Waals surface area contributed by atoms with Crippen molar-refractivity contribution in [3.05, 3.63) is 58.1 Å². The van der Waals surface area contributed by atoms with E-state index in [-0.39, 0.29) is 12.4 Å². The zero-order valence-corrected chi connectivity index (χ0v) is 17.5. The van der Waals surface area contributed by atoms with Crippen LogP contribution in [0.3, 0.4) is 0 Å². The van der Waals surface area contributed by atoms with E-state index in [1.54, 1.807) is 7.11 Å². The molecule has 0 fully saturated rings. The van der Waals surface area contributed by atoms with E-state index in [4.69, 9.17) is 9.47 Å². The van der Waals surface area contributed by atoms with E-state index >= 15 is 0 Å². The summed E-state index contributed by atoms with van der Waals surface area (Å²) in [4.78, 5) is 0. The van der Waals surface area contributed by atoms with Gasteiger partial charge in [0.1, 0.15) is 6.61 Å². The standard InChI is InChI=1S/C20H26BrNO2.ClH/c1-15(2)9-10-22-13-17-11-18(21)20(19(12-17)23-3)24-14-16-7-5-4-6-8-16;/h4-8,11-12,15,22H,9-10,13-14H2,1-3H3;1H. The predicted octanol–water partition coefficient (Wildman–Crippen LogP) is 5.59. The molecule has 0 spiro atoms. The molecule has 3 nitrogen and oxygen atoms in total. The van der Waals surface area contributed by atoms with Crippen molar-refractivity contribution in [3.8, 4) is 11.5 Å². The Kier molecular flexibility index (Phi) is 9.94. The monoisotopic (exact) mass is 427 g/mol. The minimum Gasteiger partial charge on any atom is -0.493 e. The summed E-state index contributed by atoms with van der Waals surface area (Å²) in [6.45, 7) is 6.83. The molecule has 0 unspecified atom stereocenters. The number of halogens is 2. The summed E-state index contributed by atoms with van der Waals surface area (Å²) in [7, 11) is 1.67. The predicted molar refractivity (Wildman–Crippen MR) is 110 cm³/mol. The number of methoxy groups -OCH3 is 1. The number of rotatable bonds is 9. The average Bonchev–Trinajstić information content (AvgIpc) is 2.58. The highest BCUT2D eigenvalue weighted by molar-refractivity contribution is 9.10. The number of benzene rings is 2. The second kappa shape index (κ2) is 11.4. The minimum atomic E-state index is 0. The Morgan fingerprint density at radius 3 is 2.44 bits per heavy atom. The van der Waals surface area contributed by atoms with E-state index in [9.17, 15) is 0 Å². The summed E-state index contributed by atoms with van der Waals surface area (Å²) in [5, 5.41) is 3.47. The van der Waals surface area contributed by atoms with Crippen LogP contribution in [0.1, 0.15) is 31.4 Å². The van der Waals surface area contributed by atoms with Gasteiger partial charge in [0.25, 0.3) is 0 Å². The molecule has 0 aliphatic heterocycles. The third-order valence-electron chi connectivity index (χ3n) is 3.74. The fourth-order valence-electron chi connectivity index (χ4n) is 2.37. The third-order valence-corrected chi connectivity index (χ3v) is 4.33. The summed E-state index contributed by atoms with van der Waals surface area (Å²) in [5.74, 6) is 2.21. The van der Waals surface area contributed by atoms with Gasteiger partial charge < -0.3 is 14.8 Å². The quantitative estimate of drug-likeness (QED) is 0.528. The fourth-order valence-corrected chi connectivity index (χ4v) is 2.97. The van der Waals surface area contributed by atoms with Crippen molar-refractivity contribution >= 4 is 28.3 Å². The molecule has 0 aromatic heterocycles. The third kappa shape index (κ3) is 7.27. The number of hydrogen-bond acceptors (Lipinski definition) is 3. The van der Waals surface area contributed by atoms with Gasteiger partial charge in [-0.1, -0.05) is 44.2 Å². The summed E-state index contributed by atoms with van der Waals surface area (Å²) < 4.78 is 12.4. The van der Waals surface area contributed by atoms with Crippen molar-refractivity contribution in [2.24, 2.45) is 5.92 Å². The van der Waals surface area contributed by atoms with Crippen LogP contribution in [-0.4, -0.2) is 13.7 Å². The van der Waals surface area contributed by atoms with Gasteiger partial charge in [-0.25, -0.2) is 0 Å². The van der Waals surface area contributed by atoms with Crippen LogP contribution in [-0.2, 0) is 13.2 Å². The molecule has 0 aliphatic carbocycles. The highest BCUT2D eigenvalue weighted by Gasteiger charge is 2.12. The molecule has 0 bridgehead atoms. The largest absolute Gasteiger partial charge is 0.493 e. The molecule has 2 rings (SSSR count). The maximum absolute atomic E-state index is 5.96. The molecule has 0 saturated carbocycles. The lowest BCUT2D eigenvalue weighted by Gasteiger charge is -2.15. The van der Waals surface area contributed by atoms with Gasteiger partial charge in [-0.2, -0.15) is 0 Å². The van der Waals surface area contributed by atoms with Crippen LogP contribution in [0.5, 0.6) is 11.5 Å². The van der Waals surface area contributed by atoms with E-state index < -0.39 is 0 Å². The molecular formula is C20H27BrClNO2. The molecule has 0 radical (unpaired) electrons. The molecule has 0 saturated heterocycles. The zero-order chi connectivity index (χ0) is 17.4. The van der Waals surface area contributed by atoms with Gasteiger partial charge >= 0.3 is 0 Å². The van der Waals surface area contributed by atoms with Crippen LogP contribution >= 0.6 is 28.3 Å². The minimum absolute atomic E-state index is 0. The summed E-state index contributed by atoms with van der Waals surface area (Å²) in [6.07, 6.45) is 1.18. The van der Waals surface area contributed by atoms with E-state index in [1.807, 2.05) is 36.4 Å². The number of nitrogens with one attached hydrogen (secondary N) is 1. The van der Waals surface area contributed by atoms with Crippen LogP contribution in [0, 0.1) is 5.92 Å². The Bertz CT molecular complexity index is 635. The normalized spacial score (nSPS) is 10.4. The van der Waals surface area contributed by atoms with Gasteiger partial charge in [-0.3, -0.25) is 0 Å². The van der Waals surface area contributed by atoms with Crippen LogP contribution in [0.15, 0.2) is 46.9 Å². The van der Waals surface area contributed by atoms with Gasteiger partial charge in [0.15, 0.2) is 11.5 Å². The SMILES string of the molecule is COc1cc(CNCCC(C)C)cc(Br)c1OCc1ccccc1.Cl. The molecule has 0 atom stereocenters. The average molecular weight is 429 g/mol. The fraction of sp³-hybridized carbons (Fsp3) is 0.400. The molecular weight excluding hydrogens is 402 g/mol. The van der Waals surface area contributed by atoms with Gasteiger partial charge in [0, 0.05) is 6.54 Å². The van der Waals surface area contributed by atoms with Crippen molar-refractivity contribution in [1.29, 1.82) is 0 Å². The highest BCUT2D eigenvalue weighted by Crippen LogP contribution is 2.37. The second-order valence-electron chi connectivity index (χ2n) is 6.24. The molecule has 0 heterocycles. The van der Waals surface area contributed by atoms with E-state index in [1.165, 1.54) is 12.0 Å². The van der Waals surface area contributed by atoms with E-state index in [0.29, 0.717) is 12.5 Å². The molecule has 1 N–H and O–H groups in total. The van der Waals surface area contributed by atoms with Gasteiger partial charge in [-0.15, -0.1) is 12.4 Å². The van der Waals surface area contributed by atoms with E-state index in [2.05, 4.69) is 41.2 Å². The topological polar surface area (TPSA) is 30.5 Å². The van der Waals surface area contributed by atoms with E-state index in [0.717, 1.165) is 34.6 Å². The van der Waals surface area contributed by atoms with Crippen LogP contribution in [0.25, 0.3) is 0 Å². The zero-order valence-electron chi connectivity index (χ0n) is 15.0. The van der Waals surface area contributed by atoms with Crippen molar-refractivity contribution in [2.75, 3.05) is 13.7 Å². The molecule has 0 aliphatic rings. The van der Waals surface area contributed by atoms with Crippen LogP contribution in [0.2, 0.25) is 0 Å². The van der Waals surface area contributed by atoms with Crippen molar-refractivity contribution in [1.82, 2.24) is 5.32 Å². The summed E-state index contributed by atoms with van der Waals surface area (Å²) in [5.41, 5.74) is 2.31. The Morgan fingerprint density at radius 1 is 1.08 bits per heavy atom. The van der Waals surface area contributed by atoms with Crippen LogP contribution < -0.4 is 14.8 Å². The molecule has 2 aromatic rings. The summed E-state index contributed by atoms with van der Waals surface area (Å²) >= 11 is 3.61. The molecule has 2 aromatic carbocycles. The molecule has 138 valence electrons. The van der Waals surface area contributed by atoms with Crippen molar-refractivity contribution in [3.63, 3.8) is 0 Å². The smallest absolute Gasteiger partial charge is 0.175 e. The first-order valence-corrected chi connectivity index (χ1v) is 9.13. The maximum atomic E-state index is 5.96. The summed E-state index contributed by atoms with van der Waals surface area (Å²) in [6, 6.07) is 14.2. The molecule has 0 amide bonds. The Hall–Kier alpha value is -1.23. The Balaban J connectivity index is 0.00000312. The second-order valence-corrected chi connectivity index (χ2v) is 7.10. The number of hydrogen-bond donors (Lipinski definition) is 1. The number of ether oxygens (including phenoxy) is 2. The molecule has 5 heteroatoms. The lowest BCUT2D eigenvalue weighted by molar-refractivity contribution is 0.282. The van der Waals surface area contributed by atoms with Gasteiger partial charge in [0.2, 0.25) is 0 Å². The first-order valence-electron chi connectivity index (χ1n) is 8.34. The van der Waals surface area contributed by atoms with Crippen LogP contribution in [0.4, 0.5) is 0 Å². The van der Waals surface area contributed by atoms with Crippen molar-refractivity contribution in [2.45, 2.75) is 33.4 Å². The Labute approximate surface area is 165 Å². The first kappa shape index (κ1) is 21.8. The Morgan fingerprint density at radius 2 is 1.80 bits per heavy atom. The van der Waals surface area contributed by atoms with Gasteiger partial charge in [0.05, 0.1) is 11.6 Å². The lowest BCUT2D eigenvalue weighted by Crippen LogP contribution is -2.16. The molecule has 25 heavy (non-hydrogen) atoms.